The summed E-state index contributed by atoms with van der Waals surface area (Å²) in [6, 6.07) is 2.18. The Kier molecular flexibility index (Phi) is 3.84. The van der Waals surface area contributed by atoms with E-state index in [1.54, 1.807) is 11.3 Å². The van der Waals surface area contributed by atoms with Crippen molar-refractivity contribution in [3.8, 4) is 0 Å². The molecule has 1 aromatic heterocycles. The summed E-state index contributed by atoms with van der Waals surface area (Å²) in [6.07, 6.45) is 3.55. The minimum Gasteiger partial charge on any atom is -0.152 e. The summed E-state index contributed by atoms with van der Waals surface area (Å²) in [4.78, 5) is 0. The summed E-state index contributed by atoms with van der Waals surface area (Å²) in [5.74, 6) is 0.796. The van der Waals surface area contributed by atoms with E-state index < -0.39 is 0 Å². The van der Waals surface area contributed by atoms with E-state index in [1.165, 1.54) is 18.4 Å². The topological polar surface area (TPSA) is 0 Å². The lowest BCUT2D eigenvalue weighted by atomic mass is 10.2. The van der Waals surface area contributed by atoms with Gasteiger partial charge in [0.05, 0.1) is 0 Å². The molecule has 0 bridgehead atoms. The molecular formula is C8H11ClS. The number of hydrogen-bond acceptors (Lipinski definition) is 1. The SMILES string of the molecule is ClCCCCc1ccsc1. The normalized spacial score (nSPS) is 10.1. The van der Waals surface area contributed by atoms with Crippen molar-refractivity contribution in [3.05, 3.63) is 22.4 Å². The molecule has 0 unspecified atom stereocenters. The van der Waals surface area contributed by atoms with Gasteiger partial charge in [-0.05, 0) is 41.7 Å². The Bertz CT molecular complexity index is 158. The van der Waals surface area contributed by atoms with Crippen LogP contribution in [0.5, 0.6) is 0 Å². The zero-order valence-corrected chi connectivity index (χ0v) is 7.42. The van der Waals surface area contributed by atoms with Gasteiger partial charge in [-0.2, -0.15) is 11.3 Å². The molecule has 10 heavy (non-hydrogen) atoms. The molecule has 1 rings (SSSR count). The Labute approximate surface area is 70.8 Å². The third-order valence-corrected chi connectivity index (χ3v) is 2.43. The molecule has 0 aliphatic rings. The lowest BCUT2D eigenvalue weighted by Crippen LogP contribution is -1.82. The summed E-state index contributed by atoms with van der Waals surface area (Å²) in [5, 5.41) is 4.32. The molecule has 0 atom stereocenters. The quantitative estimate of drug-likeness (QED) is 0.486. The van der Waals surface area contributed by atoms with Gasteiger partial charge < -0.3 is 0 Å². The molecule has 0 fully saturated rings. The summed E-state index contributed by atoms with van der Waals surface area (Å²) >= 11 is 7.31. The molecule has 0 aliphatic carbocycles. The second kappa shape index (κ2) is 4.75. The maximum atomic E-state index is 5.54. The van der Waals surface area contributed by atoms with E-state index in [0.29, 0.717) is 0 Å². The Morgan fingerprint density at radius 3 is 2.90 bits per heavy atom. The van der Waals surface area contributed by atoms with Crippen molar-refractivity contribution in [2.75, 3.05) is 5.88 Å². The van der Waals surface area contributed by atoms with Crippen LogP contribution in [0.2, 0.25) is 0 Å². The van der Waals surface area contributed by atoms with E-state index in [1.807, 2.05) is 0 Å². The minimum absolute atomic E-state index is 0.796. The van der Waals surface area contributed by atoms with Gasteiger partial charge in [-0.25, -0.2) is 0 Å². The number of aryl methyl sites for hydroxylation is 1. The molecule has 0 N–H and O–H groups in total. The van der Waals surface area contributed by atoms with Crippen LogP contribution in [0.3, 0.4) is 0 Å². The fourth-order valence-corrected chi connectivity index (χ4v) is 1.75. The Hall–Kier alpha value is -0.0100. The summed E-state index contributed by atoms with van der Waals surface area (Å²) in [5.41, 5.74) is 1.45. The molecule has 0 radical (unpaired) electrons. The van der Waals surface area contributed by atoms with E-state index in [-0.39, 0.29) is 0 Å². The van der Waals surface area contributed by atoms with E-state index >= 15 is 0 Å². The zero-order valence-electron chi connectivity index (χ0n) is 5.85. The molecule has 0 amide bonds. The van der Waals surface area contributed by atoms with Crippen molar-refractivity contribution < 1.29 is 0 Å². The lowest BCUT2D eigenvalue weighted by molar-refractivity contribution is 0.802. The van der Waals surface area contributed by atoms with Crippen molar-refractivity contribution >= 4 is 22.9 Å². The number of rotatable bonds is 4. The van der Waals surface area contributed by atoms with Crippen molar-refractivity contribution in [3.63, 3.8) is 0 Å². The average molecular weight is 175 g/mol. The maximum Gasteiger partial charge on any atom is 0.0223 e. The first kappa shape index (κ1) is 8.09. The Balaban J connectivity index is 2.15. The molecule has 56 valence electrons. The standard InChI is InChI=1S/C8H11ClS/c9-5-2-1-3-8-4-6-10-7-8/h4,6-7H,1-3,5H2. The summed E-state index contributed by atoms with van der Waals surface area (Å²) < 4.78 is 0. The highest BCUT2D eigenvalue weighted by Gasteiger charge is 1.91. The second-order valence-corrected chi connectivity index (χ2v) is 3.44. The van der Waals surface area contributed by atoms with E-state index in [2.05, 4.69) is 16.8 Å². The van der Waals surface area contributed by atoms with E-state index in [0.717, 1.165) is 12.3 Å². The first-order chi connectivity index (χ1) is 4.93. The molecule has 1 heterocycles. The fourth-order valence-electron chi connectivity index (χ4n) is 0.859. The largest absolute Gasteiger partial charge is 0.152 e. The first-order valence-corrected chi connectivity index (χ1v) is 4.98. The number of halogens is 1. The molecule has 0 saturated heterocycles. The molecule has 0 aliphatic heterocycles. The summed E-state index contributed by atoms with van der Waals surface area (Å²) in [7, 11) is 0. The van der Waals surface area contributed by atoms with Crippen molar-refractivity contribution in [2.45, 2.75) is 19.3 Å². The van der Waals surface area contributed by atoms with Gasteiger partial charge in [0.1, 0.15) is 0 Å². The van der Waals surface area contributed by atoms with Crippen LogP contribution in [0.1, 0.15) is 18.4 Å². The van der Waals surface area contributed by atoms with Crippen LogP contribution in [0.25, 0.3) is 0 Å². The van der Waals surface area contributed by atoms with E-state index in [9.17, 15) is 0 Å². The third-order valence-electron chi connectivity index (χ3n) is 1.43. The van der Waals surface area contributed by atoms with Crippen LogP contribution in [-0.2, 0) is 6.42 Å². The van der Waals surface area contributed by atoms with Crippen LogP contribution in [0.15, 0.2) is 16.8 Å². The monoisotopic (exact) mass is 174 g/mol. The molecule has 2 heteroatoms. The minimum atomic E-state index is 0.796. The maximum absolute atomic E-state index is 5.54. The number of hydrogen-bond donors (Lipinski definition) is 0. The van der Waals surface area contributed by atoms with Crippen LogP contribution in [0, 0.1) is 0 Å². The van der Waals surface area contributed by atoms with Crippen LogP contribution < -0.4 is 0 Å². The number of alkyl halides is 1. The van der Waals surface area contributed by atoms with Crippen molar-refractivity contribution in [1.82, 2.24) is 0 Å². The van der Waals surface area contributed by atoms with Crippen LogP contribution in [0.4, 0.5) is 0 Å². The van der Waals surface area contributed by atoms with Crippen molar-refractivity contribution in [1.29, 1.82) is 0 Å². The number of unbranched alkanes of at least 4 members (excludes halogenated alkanes) is 1. The van der Waals surface area contributed by atoms with Gasteiger partial charge in [0.25, 0.3) is 0 Å². The second-order valence-electron chi connectivity index (χ2n) is 2.28. The molecule has 0 nitrogen and oxygen atoms in total. The zero-order chi connectivity index (χ0) is 7.23. The van der Waals surface area contributed by atoms with Gasteiger partial charge >= 0.3 is 0 Å². The summed E-state index contributed by atoms with van der Waals surface area (Å²) in [6.45, 7) is 0. The predicted octanol–water partition coefficient (Wildman–Crippen LogP) is 3.31. The van der Waals surface area contributed by atoms with Gasteiger partial charge in [-0.1, -0.05) is 0 Å². The third kappa shape index (κ3) is 2.72. The average Bonchev–Trinajstić information content (AvgIpc) is 2.41. The van der Waals surface area contributed by atoms with Gasteiger partial charge in [0, 0.05) is 5.88 Å². The molecule has 1 aromatic rings. The van der Waals surface area contributed by atoms with Gasteiger partial charge in [0.15, 0.2) is 0 Å². The number of thiophene rings is 1. The Morgan fingerprint density at radius 1 is 1.40 bits per heavy atom. The molecular weight excluding hydrogens is 164 g/mol. The van der Waals surface area contributed by atoms with Crippen LogP contribution in [-0.4, -0.2) is 5.88 Å². The molecule has 0 aromatic carbocycles. The highest BCUT2D eigenvalue weighted by molar-refractivity contribution is 7.07. The first-order valence-electron chi connectivity index (χ1n) is 3.50. The van der Waals surface area contributed by atoms with E-state index in [4.69, 9.17) is 11.6 Å². The smallest absolute Gasteiger partial charge is 0.0223 e. The van der Waals surface area contributed by atoms with Crippen molar-refractivity contribution in [2.24, 2.45) is 0 Å². The Morgan fingerprint density at radius 2 is 2.30 bits per heavy atom. The fraction of sp³-hybridized carbons (Fsp3) is 0.500. The molecule has 0 saturated carbocycles. The molecule has 0 spiro atoms. The lowest BCUT2D eigenvalue weighted by Gasteiger charge is -1.93. The van der Waals surface area contributed by atoms with Gasteiger partial charge in [-0.3, -0.25) is 0 Å². The predicted molar refractivity (Wildman–Crippen MR) is 48.0 cm³/mol. The van der Waals surface area contributed by atoms with Gasteiger partial charge in [0.2, 0.25) is 0 Å². The van der Waals surface area contributed by atoms with Gasteiger partial charge in [-0.15, -0.1) is 11.6 Å². The van der Waals surface area contributed by atoms with Crippen LogP contribution >= 0.6 is 22.9 Å². The highest BCUT2D eigenvalue weighted by Crippen LogP contribution is 2.09. The highest BCUT2D eigenvalue weighted by atomic mass is 35.5.